The molecule has 148 valence electrons. The maximum atomic E-state index is 10.7. The van der Waals surface area contributed by atoms with E-state index in [2.05, 4.69) is 25.7 Å². The highest BCUT2D eigenvalue weighted by Crippen LogP contribution is 2.45. The Balaban J connectivity index is 1.69. The van der Waals surface area contributed by atoms with E-state index in [0.717, 1.165) is 25.7 Å². The molecule has 0 radical (unpaired) electrons. The van der Waals surface area contributed by atoms with Crippen molar-refractivity contribution in [1.82, 2.24) is 0 Å². The summed E-state index contributed by atoms with van der Waals surface area (Å²) in [4.78, 5) is 10.7. The summed E-state index contributed by atoms with van der Waals surface area (Å²) >= 11 is 0. The van der Waals surface area contributed by atoms with Gasteiger partial charge in [0.2, 0.25) is 0 Å². The molecule has 0 aromatic rings. The van der Waals surface area contributed by atoms with Crippen LogP contribution in [0, 0.1) is 11.8 Å². The zero-order valence-electron chi connectivity index (χ0n) is 15.9. The van der Waals surface area contributed by atoms with E-state index in [1.165, 1.54) is 31.3 Å². The van der Waals surface area contributed by atoms with Crippen molar-refractivity contribution in [2.75, 3.05) is 0 Å². The predicted octanol–water partition coefficient (Wildman–Crippen LogP) is 3.80. The summed E-state index contributed by atoms with van der Waals surface area (Å²) in [5.41, 5.74) is 1.32. The molecule has 5 heteroatoms. The minimum Gasteiger partial charge on any atom is -0.477 e. The SMILES string of the molecule is C=C1CC[C@H](CCCCC=CCC)[C@H]1C[C@H]1OC1CCC(O)(O)C(=O)O. The normalized spacial score (nSPS) is 28.8. The Labute approximate surface area is 156 Å². The molecule has 26 heavy (non-hydrogen) atoms. The molecule has 1 aliphatic carbocycles. The van der Waals surface area contributed by atoms with E-state index in [4.69, 9.17) is 9.84 Å². The number of ether oxygens (including phenoxy) is 1. The maximum Gasteiger partial charge on any atom is 0.364 e. The van der Waals surface area contributed by atoms with Gasteiger partial charge in [0.1, 0.15) is 0 Å². The van der Waals surface area contributed by atoms with Gasteiger partial charge in [-0.2, -0.15) is 0 Å². The van der Waals surface area contributed by atoms with Gasteiger partial charge in [-0.1, -0.05) is 37.6 Å². The maximum absolute atomic E-state index is 10.7. The van der Waals surface area contributed by atoms with Crippen LogP contribution in [0.3, 0.4) is 0 Å². The van der Waals surface area contributed by atoms with Crippen LogP contribution in [0.1, 0.15) is 71.1 Å². The van der Waals surface area contributed by atoms with Crippen LogP contribution in [-0.2, 0) is 9.53 Å². The van der Waals surface area contributed by atoms with E-state index in [1.807, 2.05) is 0 Å². The minimum absolute atomic E-state index is 0.0544. The smallest absolute Gasteiger partial charge is 0.364 e. The molecule has 0 aromatic carbocycles. The monoisotopic (exact) mass is 366 g/mol. The third-order valence-electron chi connectivity index (χ3n) is 5.82. The number of carboxylic acids is 1. The number of aliphatic hydroxyl groups is 2. The van der Waals surface area contributed by atoms with Crippen molar-refractivity contribution >= 4 is 5.97 Å². The summed E-state index contributed by atoms with van der Waals surface area (Å²) in [5.74, 6) is -3.09. The highest BCUT2D eigenvalue weighted by molar-refractivity contribution is 5.74. The fraction of sp³-hybridized carbons (Fsp3) is 0.762. The highest BCUT2D eigenvalue weighted by Gasteiger charge is 2.45. The van der Waals surface area contributed by atoms with Gasteiger partial charge in [0, 0.05) is 6.42 Å². The molecule has 1 heterocycles. The molecule has 3 N–H and O–H groups in total. The van der Waals surface area contributed by atoms with E-state index in [-0.39, 0.29) is 18.6 Å². The first-order chi connectivity index (χ1) is 12.3. The van der Waals surface area contributed by atoms with Crippen LogP contribution in [0.25, 0.3) is 0 Å². The van der Waals surface area contributed by atoms with E-state index in [9.17, 15) is 15.0 Å². The van der Waals surface area contributed by atoms with Gasteiger partial charge in [-0.3, -0.25) is 0 Å². The van der Waals surface area contributed by atoms with Crippen molar-refractivity contribution in [3.05, 3.63) is 24.3 Å². The fourth-order valence-electron chi connectivity index (χ4n) is 4.09. The standard InChI is InChI=1S/C21H34O5/c1-3-4-5-6-7-8-9-16-11-10-15(2)17(16)14-19-18(26-19)12-13-21(24,25)20(22)23/h4-5,16-19,24-25H,2-3,6-14H2,1H3,(H,22,23)/t16-,17-,18?,19+/m0/s1. The second-order valence-corrected chi connectivity index (χ2v) is 7.84. The van der Waals surface area contributed by atoms with Gasteiger partial charge in [-0.05, 0) is 63.2 Å². The molecule has 5 nitrogen and oxygen atoms in total. The highest BCUT2D eigenvalue weighted by atomic mass is 16.6. The van der Waals surface area contributed by atoms with Gasteiger partial charge < -0.3 is 20.1 Å². The summed E-state index contributed by atoms with van der Waals surface area (Å²) in [7, 11) is 0. The van der Waals surface area contributed by atoms with Crippen molar-refractivity contribution in [2.24, 2.45) is 11.8 Å². The van der Waals surface area contributed by atoms with E-state index < -0.39 is 11.8 Å². The first-order valence-corrected chi connectivity index (χ1v) is 10.0. The lowest BCUT2D eigenvalue weighted by molar-refractivity contribution is -0.205. The topological polar surface area (TPSA) is 90.3 Å². The van der Waals surface area contributed by atoms with Crippen LogP contribution >= 0.6 is 0 Å². The number of unbranched alkanes of at least 4 members (excludes halogenated alkanes) is 2. The van der Waals surface area contributed by atoms with Crippen LogP contribution in [0.2, 0.25) is 0 Å². The number of rotatable bonds is 12. The van der Waals surface area contributed by atoms with Crippen molar-refractivity contribution in [3.8, 4) is 0 Å². The number of hydrogen-bond acceptors (Lipinski definition) is 4. The second kappa shape index (κ2) is 9.67. The Hall–Kier alpha value is -1.17. The first-order valence-electron chi connectivity index (χ1n) is 10.0. The van der Waals surface area contributed by atoms with Crippen molar-refractivity contribution in [3.63, 3.8) is 0 Å². The summed E-state index contributed by atoms with van der Waals surface area (Å²) < 4.78 is 5.66. The van der Waals surface area contributed by atoms with Gasteiger partial charge in [-0.25, -0.2) is 4.79 Å². The Kier molecular flexibility index (Phi) is 7.86. The van der Waals surface area contributed by atoms with Crippen molar-refractivity contribution < 1.29 is 24.9 Å². The lowest BCUT2D eigenvalue weighted by atomic mass is 9.85. The lowest BCUT2D eigenvalue weighted by Crippen LogP contribution is -2.38. The summed E-state index contributed by atoms with van der Waals surface area (Å²) in [6.07, 6.45) is 13.9. The molecule has 2 rings (SSSR count). The molecule has 0 bridgehead atoms. The third kappa shape index (κ3) is 6.22. The number of allylic oxidation sites excluding steroid dienone is 3. The zero-order chi connectivity index (χ0) is 19.2. The van der Waals surface area contributed by atoms with Crippen LogP contribution in [-0.4, -0.2) is 39.3 Å². The van der Waals surface area contributed by atoms with Crippen LogP contribution in [0.5, 0.6) is 0 Å². The molecule has 1 aliphatic heterocycles. The molecule has 0 amide bonds. The van der Waals surface area contributed by atoms with Crippen molar-refractivity contribution in [2.45, 2.75) is 89.1 Å². The Morgan fingerprint density at radius 1 is 1.27 bits per heavy atom. The first kappa shape index (κ1) is 21.1. The van der Waals surface area contributed by atoms with Crippen LogP contribution in [0.4, 0.5) is 0 Å². The number of carbonyl (C=O) groups is 1. The van der Waals surface area contributed by atoms with Gasteiger partial charge >= 0.3 is 5.97 Å². The van der Waals surface area contributed by atoms with Gasteiger partial charge in [0.15, 0.2) is 0 Å². The van der Waals surface area contributed by atoms with Gasteiger partial charge in [0.25, 0.3) is 5.79 Å². The molecule has 4 atom stereocenters. The Morgan fingerprint density at radius 2 is 2.04 bits per heavy atom. The molecular formula is C21H34O5. The van der Waals surface area contributed by atoms with E-state index in [0.29, 0.717) is 18.3 Å². The Morgan fingerprint density at radius 3 is 2.73 bits per heavy atom. The number of epoxide rings is 1. The molecule has 2 fully saturated rings. The lowest BCUT2D eigenvalue weighted by Gasteiger charge is -2.20. The number of carboxylic acid groups (broad SMARTS) is 1. The van der Waals surface area contributed by atoms with Gasteiger partial charge in [0.05, 0.1) is 12.2 Å². The molecular weight excluding hydrogens is 332 g/mol. The van der Waals surface area contributed by atoms with Gasteiger partial charge in [-0.15, -0.1) is 0 Å². The van der Waals surface area contributed by atoms with Crippen molar-refractivity contribution in [1.29, 1.82) is 0 Å². The predicted molar refractivity (Wildman–Crippen MR) is 101 cm³/mol. The average Bonchev–Trinajstić information content (AvgIpc) is 3.26. The van der Waals surface area contributed by atoms with E-state index >= 15 is 0 Å². The van der Waals surface area contributed by atoms with Crippen LogP contribution < -0.4 is 0 Å². The third-order valence-corrected chi connectivity index (χ3v) is 5.82. The van der Waals surface area contributed by atoms with E-state index in [1.54, 1.807) is 0 Å². The minimum atomic E-state index is -2.65. The molecule has 1 saturated heterocycles. The Bertz CT molecular complexity index is 511. The largest absolute Gasteiger partial charge is 0.477 e. The number of aliphatic carboxylic acids is 1. The second-order valence-electron chi connectivity index (χ2n) is 7.84. The molecule has 2 aliphatic rings. The molecule has 1 saturated carbocycles. The fourth-order valence-corrected chi connectivity index (χ4v) is 4.09. The van der Waals surface area contributed by atoms with Crippen LogP contribution in [0.15, 0.2) is 24.3 Å². The summed E-state index contributed by atoms with van der Waals surface area (Å²) in [5, 5.41) is 27.5. The molecule has 0 aromatic heterocycles. The zero-order valence-corrected chi connectivity index (χ0v) is 15.9. The summed E-state index contributed by atoms with van der Waals surface area (Å²) in [6.45, 7) is 6.40. The average molecular weight is 366 g/mol. The summed E-state index contributed by atoms with van der Waals surface area (Å²) in [6, 6.07) is 0. The quantitative estimate of drug-likeness (QED) is 0.211. The molecule has 1 unspecified atom stereocenters. The number of hydrogen-bond donors (Lipinski definition) is 3. The molecule has 0 spiro atoms.